The van der Waals surface area contributed by atoms with E-state index in [2.05, 4.69) is 4.90 Å². The highest BCUT2D eigenvalue weighted by Crippen LogP contribution is 2.20. The average Bonchev–Trinajstić information content (AvgIpc) is 2.29. The van der Waals surface area contributed by atoms with E-state index in [9.17, 15) is 4.79 Å². The standard InChI is InChI=1S/C14H20N2O2/c1-15(2)14(17)18-13-7-4-3-6-12(13)8-11-16-9-5-10-16/h3-4,6-7H,5,8-11H2,1-2H3. The lowest BCUT2D eigenvalue weighted by Gasteiger charge is -2.30. The molecule has 0 bridgehead atoms. The summed E-state index contributed by atoms with van der Waals surface area (Å²) >= 11 is 0. The lowest BCUT2D eigenvalue weighted by Crippen LogP contribution is -2.38. The number of carbonyl (C=O) groups excluding carboxylic acids is 1. The summed E-state index contributed by atoms with van der Waals surface area (Å²) in [4.78, 5) is 15.4. The molecular formula is C14H20N2O2. The van der Waals surface area contributed by atoms with Gasteiger partial charge < -0.3 is 14.5 Å². The SMILES string of the molecule is CN(C)C(=O)Oc1ccccc1CCN1CCC1. The summed E-state index contributed by atoms with van der Waals surface area (Å²) in [5.41, 5.74) is 1.10. The number of hydrogen-bond donors (Lipinski definition) is 0. The van der Waals surface area contributed by atoms with E-state index in [0.29, 0.717) is 5.75 Å². The van der Waals surface area contributed by atoms with Gasteiger partial charge in [-0.15, -0.1) is 0 Å². The van der Waals surface area contributed by atoms with Gasteiger partial charge in [0.25, 0.3) is 0 Å². The van der Waals surface area contributed by atoms with E-state index >= 15 is 0 Å². The molecule has 18 heavy (non-hydrogen) atoms. The smallest absolute Gasteiger partial charge is 0.410 e. The van der Waals surface area contributed by atoms with Crippen molar-refractivity contribution in [1.29, 1.82) is 0 Å². The quantitative estimate of drug-likeness (QED) is 0.817. The molecule has 1 aromatic rings. The number of benzene rings is 1. The van der Waals surface area contributed by atoms with Crippen LogP contribution in [-0.4, -0.2) is 49.6 Å². The van der Waals surface area contributed by atoms with Gasteiger partial charge in [0.2, 0.25) is 0 Å². The molecule has 1 aliphatic heterocycles. The summed E-state index contributed by atoms with van der Waals surface area (Å²) in [7, 11) is 3.37. The van der Waals surface area contributed by atoms with Gasteiger partial charge in [-0.2, -0.15) is 0 Å². The Morgan fingerprint density at radius 1 is 1.33 bits per heavy atom. The van der Waals surface area contributed by atoms with Gasteiger partial charge in [0, 0.05) is 20.6 Å². The van der Waals surface area contributed by atoms with E-state index in [1.807, 2.05) is 24.3 Å². The van der Waals surface area contributed by atoms with Crippen molar-refractivity contribution in [3.05, 3.63) is 29.8 Å². The Morgan fingerprint density at radius 2 is 2.06 bits per heavy atom. The van der Waals surface area contributed by atoms with Crippen LogP contribution in [0.15, 0.2) is 24.3 Å². The zero-order chi connectivity index (χ0) is 13.0. The highest BCUT2D eigenvalue weighted by Gasteiger charge is 2.15. The van der Waals surface area contributed by atoms with Crippen LogP contribution in [-0.2, 0) is 6.42 Å². The van der Waals surface area contributed by atoms with Crippen molar-refractivity contribution >= 4 is 6.09 Å². The van der Waals surface area contributed by atoms with E-state index in [-0.39, 0.29) is 6.09 Å². The number of likely N-dealkylation sites (tertiary alicyclic amines) is 1. The third-order valence-corrected chi connectivity index (χ3v) is 3.18. The monoisotopic (exact) mass is 248 g/mol. The van der Waals surface area contributed by atoms with Crippen molar-refractivity contribution in [3.8, 4) is 5.75 Å². The summed E-state index contributed by atoms with van der Waals surface area (Å²) in [6, 6.07) is 7.76. The third kappa shape index (κ3) is 3.23. The van der Waals surface area contributed by atoms with Crippen molar-refractivity contribution in [2.24, 2.45) is 0 Å². The number of amides is 1. The molecule has 0 N–H and O–H groups in total. The topological polar surface area (TPSA) is 32.8 Å². The van der Waals surface area contributed by atoms with Gasteiger partial charge in [0.05, 0.1) is 0 Å². The minimum Gasteiger partial charge on any atom is -0.410 e. The Balaban J connectivity index is 1.97. The second-order valence-corrected chi connectivity index (χ2v) is 4.82. The van der Waals surface area contributed by atoms with Gasteiger partial charge in [-0.25, -0.2) is 4.79 Å². The molecular weight excluding hydrogens is 228 g/mol. The van der Waals surface area contributed by atoms with Crippen molar-refractivity contribution < 1.29 is 9.53 Å². The summed E-state index contributed by atoms with van der Waals surface area (Å²) in [5, 5.41) is 0. The fraction of sp³-hybridized carbons (Fsp3) is 0.500. The van der Waals surface area contributed by atoms with E-state index in [0.717, 1.165) is 18.5 Å². The van der Waals surface area contributed by atoms with E-state index in [1.54, 1.807) is 14.1 Å². The second kappa shape index (κ2) is 5.87. The number of rotatable bonds is 4. The van der Waals surface area contributed by atoms with Crippen LogP contribution >= 0.6 is 0 Å². The molecule has 0 aromatic heterocycles. The Kier molecular flexibility index (Phi) is 4.20. The molecule has 0 radical (unpaired) electrons. The first-order valence-corrected chi connectivity index (χ1v) is 6.36. The molecule has 1 aromatic carbocycles. The molecule has 1 amide bonds. The largest absolute Gasteiger partial charge is 0.414 e. The highest BCUT2D eigenvalue weighted by atomic mass is 16.6. The zero-order valence-electron chi connectivity index (χ0n) is 11.1. The molecule has 98 valence electrons. The molecule has 4 heteroatoms. The number of para-hydroxylation sites is 1. The Morgan fingerprint density at radius 3 is 2.67 bits per heavy atom. The van der Waals surface area contributed by atoms with Gasteiger partial charge in [0.1, 0.15) is 5.75 Å². The average molecular weight is 248 g/mol. The minimum absolute atomic E-state index is 0.327. The van der Waals surface area contributed by atoms with Crippen molar-refractivity contribution in [1.82, 2.24) is 9.80 Å². The van der Waals surface area contributed by atoms with Crippen LogP contribution in [0.1, 0.15) is 12.0 Å². The molecule has 2 rings (SSSR count). The van der Waals surface area contributed by atoms with Crippen LogP contribution in [0, 0.1) is 0 Å². The van der Waals surface area contributed by atoms with E-state index in [4.69, 9.17) is 4.74 Å². The predicted molar refractivity (Wildman–Crippen MR) is 70.9 cm³/mol. The molecule has 0 atom stereocenters. The molecule has 0 saturated carbocycles. The zero-order valence-corrected chi connectivity index (χ0v) is 11.1. The summed E-state index contributed by atoms with van der Waals surface area (Å²) in [5.74, 6) is 0.678. The molecule has 1 fully saturated rings. The molecule has 0 spiro atoms. The van der Waals surface area contributed by atoms with Crippen LogP contribution in [0.25, 0.3) is 0 Å². The van der Waals surface area contributed by atoms with Gasteiger partial charge in [-0.1, -0.05) is 18.2 Å². The van der Waals surface area contributed by atoms with Crippen LogP contribution < -0.4 is 4.74 Å². The van der Waals surface area contributed by atoms with Crippen molar-refractivity contribution in [2.75, 3.05) is 33.7 Å². The predicted octanol–water partition coefficient (Wildman–Crippen LogP) is 2.00. The van der Waals surface area contributed by atoms with Crippen LogP contribution in [0.4, 0.5) is 4.79 Å². The number of carbonyl (C=O) groups is 1. The lowest BCUT2D eigenvalue weighted by atomic mass is 10.1. The Bertz CT molecular complexity index is 414. The number of hydrogen-bond acceptors (Lipinski definition) is 3. The van der Waals surface area contributed by atoms with Gasteiger partial charge in [-0.3, -0.25) is 0 Å². The fourth-order valence-electron chi connectivity index (χ4n) is 1.88. The normalized spacial score (nSPS) is 15.0. The summed E-state index contributed by atoms with van der Waals surface area (Å²) in [6.45, 7) is 3.43. The summed E-state index contributed by atoms with van der Waals surface area (Å²) < 4.78 is 5.36. The van der Waals surface area contributed by atoms with E-state index in [1.165, 1.54) is 24.4 Å². The minimum atomic E-state index is -0.327. The lowest BCUT2D eigenvalue weighted by molar-refractivity contribution is 0.170. The maximum Gasteiger partial charge on any atom is 0.414 e. The summed E-state index contributed by atoms with van der Waals surface area (Å²) in [6.07, 6.45) is 1.90. The highest BCUT2D eigenvalue weighted by molar-refractivity contribution is 5.70. The maximum absolute atomic E-state index is 11.6. The molecule has 1 aliphatic rings. The Labute approximate surface area is 108 Å². The van der Waals surface area contributed by atoms with Crippen molar-refractivity contribution in [2.45, 2.75) is 12.8 Å². The Hall–Kier alpha value is -1.55. The van der Waals surface area contributed by atoms with Crippen LogP contribution in [0.3, 0.4) is 0 Å². The van der Waals surface area contributed by atoms with Crippen LogP contribution in [0.5, 0.6) is 5.75 Å². The molecule has 4 nitrogen and oxygen atoms in total. The first-order chi connectivity index (χ1) is 8.66. The first-order valence-electron chi connectivity index (χ1n) is 6.36. The molecule has 1 heterocycles. The van der Waals surface area contributed by atoms with E-state index < -0.39 is 0 Å². The molecule has 0 aliphatic carbocycles. The van der Waals surface area contributed by atoms with Gasteiger partial charge in [0.15, 0.2) is 0 Å². The fourth-order valence-corrected chi connectivity index (χ4v) is 1.88. The van der Waals surface area contributed by atoms with Gasteiger partial charge >= 0.3 is 6.09 Å². The maximum atomic E-state index is 11.6. The number of ether oxygens (including phenoxy) is 1. The number of nitrogens with zero attached hydrogens (tertiary/aromatic N) is 2. The van der Waals surface area contributed by atoms with Gasteiger partial charge in [-0.05, 0) is 37.6 Å². The third-order valence-electron chi connectivity index (χ3n) is 3.18. The van der Waals surface area contributed by atoms with Crippen LogP contribution in [0.2, 0.25) is 0 Å². The van der Waals surface area contributed by atoms with Crippen molar-refractivity contribution in [3.63, 3.8) is 0 Å². The second-order valence-electron chi connectivity index (χ2n) is 4.82. The molecule has 0 unspecified atom stereocenters. The first kappa shape index (κ1) is 12.9. The molecule has 1 saturated heterocycles.